The fourth-order valence-electron chi connectivity index (χ4n) is 3.60. The predicted octanol–water partition coefficient (Wildman–Crippen LogP) is 3.11. The van der Waals surface area contributed by atoms with Crippen LogP contribution in [0.2, 0.25) is 0 Å². The van der Waals surface area contributed by atoms with Crippen molar-refractivity contribution in [1.82, 2.24) is 4.90 Å². The van der Waals surface area contributed by atoms with E-state index in [1.165, 1.54) is 12.8 Å². The van der Waals surface area contributed by atoms with E-state index in [2.05, 4.69) is 0 Å². The molecule has 0 saturated heterocycles. The highest BCUT2D eigenvalue weighted by Crippen LogP contribution is 2.39. The Balaban J connectivity index is 1.96. The normalized spacial score (nSPS) is 22.6. The highest BCUT2D eigenvalue weighted by Gasteiger charge is 2.38. The molecule has 1 amide bonds. The van der Waals surface area contributed by atoms with Crippen LogP contribution in [-0.4, -0.2) is 22.6 Å². The van der Waals surface area contributed by atoms with E-state index in [9.17, 15) is 9.59 Å². The molecule has 19 heavy (non-hydrogen) atoms. The van der Waals surface area contributed by atoms with Crippen LogP contribution in [0.25, 0.3) is 0 Å². The summed E-state index contributed by atoms with van der Waals surface area (Å²) in [5.74, 6) is 0.270. The molecule has 3 heteroatoms. The van der Waals surface area contributed by atoms with Crippen LogP contribution in [0.1, 0.15) is 61.0 Å². The number of fused-ring (bicyclic) bond motifs is 1. The summed E-state index contributed by atoms with van der Waals surface area (Å²) in [4.78, 5) is 26.1. The third-order valence-electron chi connectivity index (χ3n) is 4.42. The number of carbonyl (C=O) groups excluding carboxylic acids is 2. The number of amides is 1. The lowest BCUT2D eigenvalue weighted by molar-refractivity contribution is -0.133. The zero-order valence-corrected chi connectivity index (χ0v) is 11.3. The van der Waals surface area contributed by atoms with Gasteiger partial charge in [0.1, 0.15) is 0 Å². The minimum atomic E-state index is -0.0377. The largest absolute Gasteiger partial charge is 0.332 e. The van der Waals surface area contributed by atoms with Crippen molar-refractivity contribution in [1.29, 1.82) is 0 Å². The van der Waals surface area contributed by atoms with Gasteiger partial charge in [-0.3, -0.25) is 9.59 Å². The van der Waals surface area contributed by atoms with Crippen molar-refractivity contribution in [3.8, 4) is 0 Å². The van der Waals surface area contributed by atoms with Crippen LogP contribution in [0.15, 0.2) is 24.3 Å². The lowest BCUT2D eigenvalue weighted by Gasteiger charge is -2.34. The smallest absolute Gasteiger partial charge is 0.220 e. The molecule has 1 saturated carbocycles. The second-order valence-corrected chi connectivity index (χ2v) is 5.59. The molecule has 100 valence electrons. The highest BCUT2D eigenvalue weighted by molar-refractivity contribution is 6.01. The van der Waals surface area contributed by atoms with E-state index < -0.39 is 0 Å². The molecule has 1 atom stereocenters. The van der Waals surface area contributed by atoms with Crippen molar-refractivity contribution in [3.05, 3.63) is 35.4 Å². The lowest BCUT2D eigenvalue weighted by Crippen LogP contribution is -2.39. The van der Waals surface area contributed by atoms with Gasteiger partial charge in [-0.15, -0.1) is 0 Å². The molecule has 2 aliphatic rings. The predicted molar refractivity (Wildman–Crippen MR) is 72.9 cm³/mol. The minimum Gasteiger partial charge on any atom is -0.332 e. The number of hydrogen-bond acceptors (Lipinski definition) is 2. The molecule has 0 bridgehead atoms. The average molecular weight is 257 g/mol. The Morgan fingerprint density at radius 3 is 2.58 bits per heavy atom. The van der Waals surface area contributed by atoms with Gasteiger partial charge in [0, 0.05) is 24.9 Å². The van der Waals surface area contributed by atoms with Crippen molar-refractivity contribution >= 4 is 11.7 Å². The molecule has 0 N–H and O–H groups in total. The van der Waals surface area contributed by atoms with Gasteiger partial charge in [-0.2, -0.15) is 0 Å². The van der Waals surface area contributed by atoms with Crippen LogP contribution >= 0.6 is 0 Å². The van der Waals surface area contributed by atoms with E-state index in [1.54, 1.807) is 6.92 Å². The zero-order valence-electron chi connectivity index (χ0n) is 11.3. The number of ketones is 1. The fraction of sp³-hybridized carbons (Fsp3) is 0.500. The van der Waals surface area contributed by atoms with Crippen molar-refractivity contribution in [2.24, 2.45) is 0 Å². The van der Waals surface area contributed by atoms with Crippen LogP contribution in [-0.2, 0) is 4.79 Å². The maximum atomic E-state index is 12.1. The van der Waals surface area contributed by atoms with Crippen molar-refractivity contribution in [3.63, 3.8) is 0 Å². The van der Waals surface area contributed by atoms with Gasteiger partial charge in [0.25, 0.3) is 0 Å². The number of hydrogen-bond donors (Lipinski definition) is 0. The summed E-state index contributed by atoms with van der Waals surface area (Å²) in [6, 6.07) is 8.01. The second-order valence-electron chi connectivity index (χ2n) is 5.59. The standard InChI is InChI=1S/C16H19NO2/c1-11(18)17(12-6-2-3-7-12)15-10-16(19)14-9-5-4-8-13(14)15/h4-5,8-9,12,15H,2-3,6-7,10H2,1H3. The van der Waals surface area contributed by atoms with Crippen molar-refractivity contribution < 1.29 is 9.59 Å². The monoisotopic (exact) mass is 257 g/mol. The molecule has 0 spiro atoms. The van der Waals surface area contributed by atoms with Gasteiger partial charge in [-0.05, 0) is 18.4 Å². The van der Waals surface area contributed by atoms with E-state index in [4.69, 9.17) is 0 Å². The first-order valence-corrected chi connectivity index (χ1v) is 7.09. The molecule has 1 fully saturated rings. The quantitative estimate of drug-likeness (QED) is 0.816. The Kier molecular flexibility index (Phi) is 3.13. The van der Waals surface area contributed by atoms with E-state index in [0.717, 1.165) is 24.0 Å². The molecule has 1 aromatic rings. The molecular formula is C16H19NO2. The van der Waals surface area contributed by atoms with Crippen molar-refractivity contribution in [2.75, 3.05) is 0 Å². The highest BCUT2D eigenvalue weighted by atomic mass is 16.2. The van der Waals surface area contributed by atoms with Crippen LogP contribution in [0, 0.1) is 0 Å². The number of benzene rings is 1. The first-order chi connectivity index (χ1) is 9.18. The summed E-state index contributed by atoms with van der Waals surface area (Å²) >= 11 is 0. The van der Waals surface area contributed by atoms with E-state index in [1.807, 2.05) is 29.2 Å². The maximum Gasteiger partial charge on any atom is 0.220 e. The summed E-state index contributed by atoms with van der Waals surface area (Å²) in [6.07, 6.45) is 4.99. The molecule has 1 aromatic carbocycles. The van der Waals surface area contributed by atoms with Gasteiger partial charge < -0.3 is 4.90 Å². The first-order valence-electron chi connectivity index (χ1n) is 7.09. The van der Waals surface area contributed by atoms with Crippen molar-refractivity contribution in [2.45, 2.75) is 51.1 Å². The molecule has 3 nitrogen and oxygen atoms in total. The molecule has 0 heterocycles. The number of nitrogens with zero attached hydrogens (tertiary/aromatic N) is 1. The van der Waals surface area contributed by atoms with Crippen LogP contribution < -0.4 is 0 Å². The summed E-state index contributed by atoms with van der Waals surface area (Å²) in [5, 5.41) is 0. The van der Waals surface area contributed by atoms with E-state index >= 15 is 0 Å². The lowest BCUT2D eigenvalue weighted by atomic mass is 10.0. The average Bonchev–Trinajstić information content (AvgIpc) is 3.00. The SMILES string of the molecule is CC(=O)N(C1CCCC1)C1CC(=O)c2ccccc21. The Hall–Kier alpha value is -1.64. The van der Waals surface area contributed by atoms with Crippen LogP contribution in [0.3, 0.4) is 0 Å². The van der Waals surface area contributed by atoms with Gasteiger partial charge in [0.2, 0.25) is 5.91 Å². The summed E-state index contributed by atoms with van der Waals surface area (Å²) in [5.41, 5.74) is 1.84. The first kappa shape index (κ1) is 12.4. The van der Waals surface area contributed by atoms with Gasteiger partial charge in [0.15, 0.2) is 5.78 Å². The Morgan fingerprint density at radius 1 is 1.21 bits per heavy atom. The minimum absolute atomic E-state index is 0.0377. The molecule has 0 aliphatic heterocycles. The number of Topliss-reactive ketones (excluding diaryl/α,β-unsaturated/α-hetero) is 1. The van der Waals surface area contributed by atoms with Crippen LogP contribution in [0.4, 0.5) is 0 Å². The summed E-state index contributed by atoms with van der Waals surface area (Å²) in [6.45, 7) is 1.63. The molecule has 0 aromatic heterocycles. The fourth-order valence-corrected chi connectivity index (χ4v) is 3.60. The van der Waals surface area contributed by atoms with Gasteiger partial charge in [-0.25, -0.2) is 0 Å². The van der Waals surface area contributed by atoms with Gasteiger partial charge in [0.05, 0.1) is 6.04 Å². The molecule has 2 aliphatic carbocycles. The molecular weight excluding hydrogens is 238 g/mol. The van der Waals surface area contributed by atoms with Gasteiger partial charge >= 0.3 is 0 Å². The van der Waals surface area contributed by atoms with Crippen LogP contribution in [0.5, 0.6) is 0 Å². The van der Waals surface area contributed by atoms with E-state index in [0.29, 0.717) is 12.5 Å². The number of rotatable bonds is 2. The third-order valence-corrected chi connectivity index (χ3v) is 4.42. The third kappa shape index (κ3) is 2.07. The molecule has 0 radical (unpaired) electrons. The Bertz CT molecular complexity index is 517. The molecule has 1 unspecified atom stereocenters. The number of carbonyl (C=O) groups is 2. The van der Waals surface area contributed by atoms with E-state index in [-0.39, 0.29) is 17.7 Å². The maximum absolute atomic E-state index is 12.1. The van der Waals surface area contributed by atoms with Gasteiger partial charge in [-0.1, -0.05) is 37.1 Å². The molecule has 3 rings (SSSR count). The summed E-state index contributed by atoms with van der Waals surface area (Å²) < 4.78 is 0. The zero-order chi connectivity index (χ0) is 13.4. The second kappa shape index (κ2) is 4.80. The topological polar surface area (TPSA) is 37.4 Å². The Morgan fingerprint density at radius 2 is 1.89 bits per heavy atom. The summed E-state index contributed by atoms with van der Waals surface area (Å²) in [7, 11) is 0. The Labute approximate surface area is 113 Å².